The van der Waals surface area contributed by atoms with Crippen molar-refractivity contribution in [2.24, 2.45) is 0 Å². The second-order valence-electron chi connectivity index (χ2n) is 15.7. The first-order valence-electron chi connectivity index (χ1n) is 18.7. The van der Waals surface area contributed by atoms with Crippen LogP contribution in [-0.4, -0.2) is 0 Å². The highest BCUT2D eigenvalue weighted by Crippen LogP contribution is 2.50. The van der Waals surface area contributed by atoms with Crippen molar-refractivity contribution in [1.29, 1.82) is 0 Å². The van der Waals surface area contributed by atoms with Gasteiger partial charge in [-0.05, 0) is 150 Å². The molecule has 0 spiro atoms. The minimum Gasteiger partial charge on any atom is -0.0619 e. The molecule has 0 nitrogen and oxygen atoms in total. The number of rotatable bonds is 2. The van der Waals surface area contributed by atoms with Gasteiger partial charge in [0.1, 0.15) is 0 Å². The number of benzene rings is 11. The Hall–Kier alpha value is -6.50. The summed E-state index contributed by atoms with van der Waals surface area (Å²) < 4.78 is 0. The quantitative estimate of drug-likeness (QED) is 0.127. The third-order valence-corrected chi connectivity index (χ3v) is 12.5. The molecular weight excluding hydrogens is 637 g/mol. The average molecular weight is 671 g/mol. The summed E-state index contributed by atoms with van der Waals surface area (Å²) in [5.41, 5.74) is 10.6. The molecule has 0 aliphatic heterocycles. The fourth-order valence-electron chi connectivity index (χ4n) is 9.92. The molecule has 0 atom stereocenters. The molecule has 0 N–H and O–H groups in total. The standard InChI is InChI=1S/C53H34/c1-53(2)49-15-4-3-10-40(49)48-29-38-22-17-31-16-18-36(28-46(31)47(38)30-50(48)53)34-19-20-35-27-37(23-21-33(35)26-34)39-24-25-45-43-12-6-9-32-8-5-11-42(51(32)43)44-14-7-13-41(39)52(44)45/h3-30H,1-2H3. The van der Waals surface area contributed by atoms with Crippen LogP contribution in [0, 0.1) is 0 Å². The third-order valence-electron chi connectivity index (χ3n) is 12.5. The zero-order valence-corrected chi connectivity index (χ0v) is 29.7. The van der Waals surface area contributed by atoms with Gasteiger partial charge in [0.15, 0.2) is 0 Å². The van der Waals surface area contributed by atoms with E-state index in [0.29, 0.717) is 0 Å². The van der Waals surface area contributed by atoms with Crippen molar-refractivity contribution in [2.75, 3.05) is 0 Å². The van der Waals surface area contributed by atoms with Crippen LogP contribution in [0.15, 0.2) is 170 Å². The Bertz CT molecular complexity index is 3310. The van der Waals surface area contributed by atoms with Gasteiger partial charge in [0.05, 0.1) is 0 Å². The SMILES string of the molecule is CC1(C)c2ccccc2-c2cc3ccc4ccc(-c5ccc6cc(-c7ccc8c9cccc%10cccc(c%11cccc7c%118)c%109)ccc6c5)cc4c3cc21. The Morgan fingerprint density at radius 2 is 0.868 bits per heavy atom. The van der Waals surface area contributed by atoms with Crippen LogP contribution >= 0.6 is 0 Å². The number of hydrogen-bond donors (Lipinski definition) is 0. The maximum absolute atomic E-state index is 2.47. The first-order chi connectivity index (χ1) is 26.0. The van der Waals surface area contributed by atoms with Crippen LogP contribution in [0.4, 0.5) is 0 Å². The summed E-state index contributed by atoms with van der Waals surface area (Å²) in [6.07, 6.45) is 0. The van der Waals surface area contributed by atoms with Gasteiger partial charge in [-0.3, -0.25) is 0 Å². The van der Waals surface area contributed by atoms with Gasteiger partial charge < -0.3 is 0 Å². The summed E-state index contributed by atoms with van der Waals surface area (Å²) in [5.74, 6) is 0. The van der Waals surface area contributed by atoms with Gasteiger partial charge >= 0.3 is 0 Å². The normalized spacial score (nSPS) is 13.6. The van der Waals surface area contributed by atoms with E-state index in [4.69, 9.17) is 0 Å². The van der Waals surface area contributed by atoms with E-state index in [9.17, 15) is 0 Å². The van der Waals surface area contributed by atoms with Gasteiger partial charge in [-0.1, -0.05) is 153 Å². The lowest BCUT2D eigenvalue weighted by Crippen LogP contribution is -2.14. The first-order valence-corrected chi connectivity index (χ1v) is 18.7. The van der Waals surface area contributed by atoms with E-state index in [1.54, 1.807) is 0 Å². The molecule has 53 heavy (non-hydrogen) atoms. The molecule has 12 rings (SSSR count). The predicted octanol–water partition coefficient (Wildman–Crippen LogP) is 14.8. The van der Waals surface area contributed by atoms with Crippen LogP contribution in [0.1, 0.15) is 25.0 Å². The Labute approximate surface area is 307 Å². The van der Waals surface area contributed by atoms with Crippen molar-refractivity contribution < 1.29 is 0 Å². The Morgan fingerprint density at radius 1 is 0.283 bits per heavy atom. The molecule has 246 valence electrons. The molecule has 1 aliphatic rings. The highest BCUT2D eigenvalue weighted by molar-refractivity contribution is 6.34. The van der Waals surface area contributed by atoms with Crippen LogP contribution in [0.2, 0.25) is 0 Å². The lowest BCUT2D eigenvalue weighted by Gasteiger charge is -2.22. The summed E-state index contributed by atoms with van der Waals surface area (Å²) in [5, 5.41) is 18.4. The van der Waals surface area contributed by atoms with Crippen LogP contribution in [0.3, 0.4) is 0 Å². The van der Waals surface area contributed by atoms with E-state index < -0.39 is 0 Å². The van der Waals surface area contributed by atoms with Crippen molar-refractivity contribution in [3.05, 3.63) is 181 Å². The highest BCUT2D eigenvalue weighted by Gasteiger charge is 2.35. The molecule has 0 saturated carbocycles. The number of hydrogen-bond acceptors (Lipinski definition) is 0. The van der Waals surface area contributed by atoms with Crippen molar-refractivity contribution >= 4 is 75.4 Å². The molecular formula is C53H34. The van der Waals surface area contributed by atoms with Gasteiger partial charge in [0.2, 0.25) is 0 Å². The molecule has 11 aromatic carbocycles. The van der Waals surface area contributed by atoms with Crippen LogP contribution < -0.4 is 0 Å². The Kier molecular flexibility index (Phi) is 5.66. The molecule has 0 unspecified atom stereocenters. The minimum absolute atomic E-state index is 0.0246. The fourth-order valence-corrected chi connectivity index (χ4v) is 9.92. The lowest BCUT2D eigenvalue weighted by molar-refractivity contribution is 0.661. The van der Waals surface area contributed by atoms with Crippen LogP contribution in [0.25, 0.3) is 109 Å². The van der Waals surface area contributed by atoms with Gasteiger partial charge in [-0.2, -0.15) is 0 Å². The Balaban J connectivity index is 0.973. The van der Waals surface area contributed by atoms with E-state index in [-0.39, 0.29) is 5.41 Å². The average Bonchev–Trinajstić information content (AvgIpc) is 3.43. The monoisotopic (exact) mass is 670 g/mol. The predicted molar refractivity (Wildman–Crippen MR) is 229 cm³/mol. The van der Waals surface area contributed by atoms with E-state index >= 15 is 0 Å². The summed E-state index contributed by atoms with van der Waals surface area (Å²) in [7, 11) is 0. The highest BCUT2D eigenvalue weighted by atomic mass is 14.4. The van der Waals surface area contributed by atoms with E-state index in [0.717, 1.165) is 0 Å². The maximum Gasteiger partial charge on any atom is 0.0159 e. The van der Waals surface area contributed by atoms with Crippen molar-refractivity contribution in [2.45, 2.75) is 19.3 Å². The molecule has 0 radical (unpaired) electrons. The van der Waals surface area contributed by atoms with Crippen molar-refractivity contribution in [3.8, 4) is 33.4 Å². The van der Waals surface area contributed by atoms with Crippen molar-refractivity contribution in [3.63, 3.8) is 0 Å². The largest absolute Gasteiger partial charge is 0.0619 e. The molecule has 0 fully saturated rings. The zero-order chi connectivity index (χ0) is 35.0. The van der Waals surface area contributed by atoms with Gasteiger partial charge in [0.25, 0.3) is 0 Å². The summed E-state index contributed by atoms with van der Waals surface area (Å²) in [4.78, 5) is 0. The van der Waals surface area contributed by atoms with E-state index in [2.05, 4.69) is 184 Å². The van der Waals surface area contributed by atoms with Gasteiger partial charge in [-0.15, -0.1) is 0 Å². The molecule has 0 saturated heterocycles. The molecule has 0 amide bonds. The zero-order valence-electron chi connectivity index (χ0n) is 29.7. The molecule has 0 aromatic heterocycles. The third kappa shape index (κ3) is 3.96. The maximum atomic E-state index is 2.47. The van der Waals surface area contributed by atoms with Crippen LogP contribution in [-0.2, 0) is 5.41 Å². The van der Waals surface area contributed by atoms with Gasteiger partial charge in [-0.25, -0.2) is 0 Å². The lowest BCUT2D eigenvalue weighted by atomic mass is 9.81. The van der Waals surface area contributed by atoms with Crippen molar-refractivity contribution in [1.82, 2.24) is 0 Å². The van der Waals surface area contributed by atoms with E-state index in [1.165, 1.54) is 120 Å². The minimum atomic E-state index is -0.0246. The first kappa shape index (κ1) is 29.1. The topological polar surface area (TPSA) is 0 Å². The smallest absolute Gasteiger partial charge is 0.0159 e. The molecule has 0 heteroatoms. The summed E-state index contributed by atoms with van der Waals surface area (Å²) in [6.45, 7) is 4.73. The number of fused-ring (bicyclic) bond motifs is 9. The molecule has 0 bridgehead atoms. The summed E-state index contributed by atoms with van der Waals surface area (Å²) >= 11 is 0. The fraction of sp³-hybridized carbons (Fsp3) is 0.0566. The van der Waals surface area contributed by atoms with Gasteiger partial charge in [0, 0.05) is 5.41 Å². The molecule has 11 aromatic rings. The summed E-state index contributed by atoms with van der Waals surface area (Å²) in [6, 6.07) is 64.2. The second kappa shape index (κ2) is 10.3. The molecule has 0 heterocycles. The second-order valence-corrected chi connectivity index (χ2v) is 15.7. The molecule has 1 aliphatic carbocycles. The Morgan fingerprint density at radius 3 is 1.68 bits per heavy atom. The van der Waals surface area contributed by atoms with Crippen LogP contribution in [0.5, 0.6) is 0 Å². The van der Waals surface area contributed by atoms with E-state index in [1.807, 2.05) is 0 Å².